The lowest BCUT2D eigenvalue weighted by molar-refractivity contribution is -0.117. The second kappa shape index (κ2) is 9.05. The Balaban J connectivity index is 2.19. The molecule has 10 heteroatoms. The molecule has 0 aliphatic rings. The average Bonchev–Trinajstić information content (AvgIpc) is 3.14. The summed E-state index contributed by atoms with van der Waals surface area (Å²) in [7, 11) is 4.50. The molecule has 0 aliphatic heterocycles. The van der Waals surface area contributed by atoms with E-state index in [1.807, 2.05) is 6.07 Å². The molecule has 9 nitrogen and oxygen atoms in total. The molecule has 2 rings (SSSR count). The van der Waals surface area contributed by atoms with Crippen molar-refractivity contribution in [3.63, 3.8) is 0 Å². The highest BCUT2D eigenvalue weighted by Crippen LogP contribution is 2.41. The second-order valence-electron chi connectivity index (χ2n) is 5.29. The van der Waals surface area contributed by atoms with E-state index in [4.69, 9.17) is 29.3 Å². The number of nitrogens with one attached hydrogen (secondary N) is 1. The maximum absolute atomic E-state index is 12.0. The molecular weight excluding hydrogens is 372 g/mol. The Hall–Kier alpha value is -3.06. The van der Waals surface area contributed by atoms with Crippen molar-refractivity contribution in [3.8, 4) is 34.8 Å². The van der Waals surface area contributed by atoms with Crippen molar-refractivity contribution in [1.29, 1.82) is 10.7 Å². The third-order valence-electron chi connectivity index (χ3n) is 3.54. The molecule has 2 aromatic rings. The van der Waals surface area contributed by atoms with Crippen LogP contribution < -0.4 is 14.2 Å². The van der Waals surface area contributed by atoms with Gasteiger partial charge in [0.25, 0.3) is 5.22 Å². The topological polar surface area (TPSA) is 131 Å². The smallest absolute Gasteiger partial charge is 0.277 e. The van der Waals surface area contributed by atoms with Gasteiger partial charge in [0, 0.05) is 11.3 Å². The van der Waals surface area contributed by atoms with E-state index >= 15 is 0 Å². The number of ketones is 1. The highest BCUT2D eigenvalue weighted by atomic mass is 32.2. The SMILES string of the molecule is COc1cc(-c2nnc(SCC(=O)C(C#N)C(C)=N)o2)cc(OC)c1OC. The number of ether oxygens (including phenoxy) is 3. The van der Waals surface area contributed by atoms with Crippen molar-refractivity contribution < 1.29 is 23.4 Å². The summed E-state index contributed by atoms with van der Waals surface area (Å²) in [6, 6.07) is 5.14. The van der Waals surface area contributed by atoms with Crippen molar-refractivity contribution in [1.82, 2.24) is 10.2 Å². The summed E-state index contributed by atoms with van der Waals surface area (Å²) in [4.78, 5) is 12.0. The Kier molecular flexibility index (Phi) is 6.79. The van der Waals surface area contributed by atoms with Crippen molar-refractivity contribution in [2.75, 3.05) is 27.1 Å². The molecule has 1 unspecified atom stereocenters. The van der Waals surface area contributed by atoms with Gasteiger partial charge in [0.1, 0.15) is 5.92 Å². The van der Waals surface area contributed by atoms with Crippen molar-refractivity contribution in [2.45, 2.75) is 12.1 Å². The van der Waals surface area contributed by atoms with Crippen molar-refractivity contribution in [2.24, 2.45) is 5.92 Å². The third kappa shape index (κ3) is 4.57. The van der Waals surface area contributed by atoms with Gasteiger partial charge in [-0.2, -0.15) is 5.26 Å². The Labute approximate surface area is 160 Å². The maximum atomic E-state index is 12.0. The first-order chi connectivity index (χ1) is 12.9. The number of methoxy groups -OCH3 is 3. The molecule has 1 aromatic heterocycles. The van der Waals surface area contributed by atoms with Crippen molar-refractivity contribution >= 4 is 23.3 Å². The van der Waals surface area contributed by atoms with Crippen LogP contribution >= 0.6 is 11.8 Å². The van der Waals surface area contributed by atoms with Gasteiger partial charge in [-0.3, -0.25) is 4.79 Å². The summed E-state index contributed by atoms with van der Waals surface area (Å²) in [6.07, 6.45) is 0. The number of aromatic nitrogens is 2. The van der Waals surface area contributed by atoms with Crippen LogP contribution in [0.15, 0.2) is 21.8 Å². The third-order valence-corrected chi connectivity index (χ3v) is 4.38. The van der Waals surface area contributed by atoms with Crippen LogP contribution in [0, 0.1) is 22.7 Å². The van der Waals surface area contributed by atoms with Crippen molar-refractivity contribution in [3.05, 3.63) is 12.1 Å². The minimum Gasteiger partial charge on any atom is -0.493 e. The monoisotopic (exact) mass is 390 g/mol. The van der Waals surface area contributed by atoms with E-state index in [0.717, 1.165) is 11.8 Å². The maximum Gasteiger partial charge on any atom is 0.277 e. The molecule has 0 bridgehead atoms. The van der Waals surface area contributed by atoms with Crippen LogP contribution in [-0.2, 0) is 4.79 Å². The molecule has 27 heavy (non-hydrogen) atoms. The number of carbonyl (C=O) groups excluding carboxylic acids is 1. The number of thioether (sulfide) groups is 1. The zero-order valence-corrected chi connectivity index (χ0v) is 16.0. The van der Waals surface area contributed by atoms with E-state index in [-0.39, 0.29) is 28.4 Å². The predicted octanol–water partition coefficient (Wildman–Crippen LogP) is 2.60. The van der Waals surface area contributed by atoms with Gasteiger partial charge in [-0.25, -0.2) is 0 Å². The molecule has 1 heterocycles. The molecule has 0 spiro atoms. The normalized spacial score (nSPS) is 11.4. The van der Waals surface area contributed by atoms with Gasteiger partial charge in [0.2, 0.25) is 11.6 Å². The van der Waals surface area contributed by atoms with Crippen LogP contribution in [0.25, 0.3) is 11.5 Å². The minimum absolute atomic E-state index is 0.00624. The van der Waals surface area contributed by atoms with E-state index in [9.17, 15) is 4.79 Å². The molecule has 0 saturated heterocycles. The molecule has 0 amide bonds. The van der Waals surface area contributed by atoms with E-state index in [2.05, 4.69) is 10.2 Å². The summed E-state index contributed by atoms with van der Waals surface area (Å²) in [5, 5.41) is 24.4. The summed E-state index contributed by atoms with van der Waals surface area (Å²) >= 11 is 1.01. The van der Waals surface area contributed by atoms with E-state index in [0.29, 0.717) is 22.8 Å². The van der Waals surface area contributed by atoms with Crippen LogP contribution in [-0.4, -0.2) is 48.8 Å². The van der Waals surface area contributed by atoms with Gasteiger partial charge in [-0.15, -0.1) is 10.2 Å². The van der Waals surface area contributed by atoms with Gasteiger partial charge in [-0.05, 0) is 19.1 Å². The number of hydrogen-bond acceptors (Lipinski definition) is 10. The quantitative estimate of drug-likeness (QED) is 0.507. The number of carbonyl (C=O) groups is 1. The fourth-order valence-corrected chi connectivity index (χ4v) is 2.88. The van der Waals surface area contributed by atoms with E-state index in [1.54, 1.807) is 12.1 Å². The fraction of sp³-hybridized carbons (Fsp3) is 0.353. The average molecular weight is 390 g/mol. The number of rotatable bonds is 9. The first kappa shape index (κ1) is 20.3. The van der Waals surface area contributed by atoms with Gasteiger partial charge < -0.3 is 24.0 Å². The molecule has 1 atom stereocenters. The highest BCUT2D eigenvalue weighted by Gasteiger charge is 2.22. The fourth-order valence-electron chi connectivity index (χ4n) is 2.22. The summed E-state index contributed by atoms with van der Waals surface area (Å²) in [5.41, 5.74) is 0.562. The molecule has 0 saturated carbocycles. The predicted molar refractivity (Wildman–Crippen MR) is 97.6 cm³/mol. The zero-order chi connectivity index (χ0) is 20.0. The first-order valence-electron chi connectivity index (χ1n) is 7.69. The Morgan fingerprint density at radius 3 is 2.37 bits per heavy atom. The van der Waals surface area contributed by atoms with Crippen LogP contribution in [0.5, 0.6) is 17.2 Å². The minimum atomic E-state index is -1.06. The number of nitriles is 1. The molecule has 0 radical (unpaired) electrons. The van der Waals surface area contributed by atoms with Gasteiger partial charge >= 0.3 is 0 Å². The van der Waals surface area contributed by atoms with E-state index in [1.165, 1.54) is 28.3 Å². The lowest BCUT2D eigenvalue weighted by Crippen LogP contribution is -2.21. The molecule has 142 valence electrons. The first-order valence-corrected chi connectivity index (χ1v) is 8.67. The van der Waals surface area contributed by atoms with Gasteiger partial charge in [0.05, 0.1) is 33.2 Å². The largest absolute Gasteiger partial charge is 0.493 e. The molecule has 1 aromatic carbocycles. The number of nitrogens with zero attached hydrogens (tertiary/aromatic N) is 3. The molecule has 0 fully saturated rings. The number of hydrogen-bond donors (Lipinski definition) is 1. The number of benzene rings is 1. The second-order valence-corrected chi connectivity index (χ2v) is 6.21. The van der Waals surface area contributed by atoms with Crippen LogP contribution in [0.1, 0.15) is 6.92 Å². The standard InChI is InChI=1S/C17H18N4O5S/c1-9(19)11(7-18)12(22)8-27-17-21-20-16(26-17)10-5-13(23-2)15(25-4)14(6-10)24-3/h5-6,11,19H,8H2,1-4H3. The summed E-state index contributed by atoms with van der Waals surface area (Å²) in [5.74, 6) is 0.0287. The van der Waals surface area contributed by atoms with Crippen LogP contribution in [0.3, 0.4) is 0 Å². The Morgan fingerprint density at radius 2 is 1.89 bits per heavy atom. The summed E-state index contributed by atoms with van der Waals surface area (Å²) < 4.78 is 21.4. The Morgan fingerprint density at radius 1 is 1.26 bits per heavy atom. The molecular formula is C17H18N4O5S. The van der Waals surface area contributed by atoms with Gasteiger partial charge in [0.15, 0.2) is 17.3 Å². The highest BCUT2D eigenvalue weighted by molar-refractivity contribution is 7.99. The zero-order valence-electron chi connectivity index (χ0n) is 15.2. The lowest BCUT2D eigenvalue weighted by Gasteiger charge is -2.12. The van der Waals surface area contributed by atoms with Crippen LogP contribution in [0.4, 0.5) is 0 Å². The summed E-state index contributed by atoms with van der Waals surface area (Å²) in [6.45, 7) is 1.42. The Bertz CT molecular complexity index is 865. The van der Waals surface area contributed by atoms with E-state index < -0.39 is 5.92 Å². The molecule has 0 aliphatic carbocycles. The number of Topliss-reactive ketones (excluding diaryl/α,β-unsaturated/α-hetero) is 1. The van der Waals surface area contributed by atoms with Gasteiger partial charge in [-0.1, -0.05) is 11.8 Å². The molecule has 1 N–H and O–H groups in total. The van der Waals surface area contributed by atoms with Crippen LogP contribution in [0.2, 0.25) is 0 Å². The lowest BCUT2D eigenvalue weighted by atomic mass is 10.0.